The first-order valence-corrected chi connectivity index (χ1v) is 15.2. The summed E-state index contributed by atoms with van der Waals surface area (Å²) < 4.78 is 0. The van der Waals surface area contributed by atoms with Crippen molar-refractivity contribution in [2.75, 3.05) is 6.54 Å². The van der Waals surface area contributed by atoms with Crippen LogP contribution in [0.25, 0.3) is 44.5 Å². The van der Waals surface area contributed by atoms with Crippen molar-refractivity contribution in [3.63, 3.8) is 0 Å². The smallest absolute Gasteiger partial charge is 0.137 e. The van der Waals surface area contributed by atoms with Gasteiger partial charge in [0.2, 0.25) is 0 Å². The zero-order valence-electron chi connectivity index (χ0n) is 24.7. The molecule has 5 nitrogen and oxygen atoms in total. The van der Waals surface area contributed by atoms with Crippen LogP contribution in [-0.4, -0.2) is 43.0 Å². The number of fused-ring (bicyclic) bond motifs is 2. The van der Waals surface area contributed by atoms with Crippen molar-refractivity contribution in [3.05, 3.63) is 89.6 Å². The van der Waals surface area contributed by atoms with E-state index in [1.165, 1.54) is 54.5 Å². The van der Waals surface area contributed by atoms with Gasteiger partial charge in [0.25, 0.3) is 0 Å². The van der Waals surface area contributed by atoms with Gasteiger partial charge in [-0.05, 0) is 101 Å². The van der Waals surface area contributed by atoms with Crippen molar-refractivity contribution in [1.82, 2.24) is 24.8 Å². The number of H-pyrrole nitrogens is 1. The minimum Gasteiger partial charge on any atom is -0.346 e. The average molecular weight is 542 g/mol. The quantitative estimate of drug-likeness (QED) is 0.234. The predicted molar refractivity (Wildman–Crippen MR) is 168 cm³/mol. The van der Waals surface area contributed by atoms with E-state index in [1.54, 1.807) is 0 Å². The standard InChI is InChI=1S/C36H39N5/c1-23-20-37-34(25(3)40-23)28-10-8-27(9-11-28)33-22-39-35-32(33)19-31(21-38-35)29-12-7-26-13-15-36(4,16-14-30(26)18-29)41-17-5-6-24(41)2/h7-12,18-22,24H,5-6,13-17H2,1-4H3,(H,38,39)/t24-,36+/m1/s1. The molecule has 0 spiro atoms. The molecule has 2 atom stereocenters. The molecule has 1 fully saturated rings. The molecule has 0 amide bonds. The number of pyridine rings is 1. The molecule has 1 aliphatic heterocycles. The summed E-state index contributed by atoms with van der Waals surface area (Å²) in [5.41, 5.74) is 12.9. The lowest BCUT2D eigenvalue weighted by atomic mass is 9.89. The van der Waals surface area contributed by atoms with Crippen molar-refractivity contribution < 1.29 is 0 Å². The Morgan fingerprint density at radius 3 is 2.37 bits per heavy atom. The molecule has 41 heavy (non-hydrogen) atoms. The highest BCUT2D eigenvalue weighted by atomic mass is 15.2. The highest BCUT2D eigenvalue weighted by molar-refractivity contribution is 5.96. The second-order valence-corrected chi connectivity index (χ2v) is 12.5. The van der Waals surface area contributed by atoms with Crippen LogP contribution in [0.3, 0.4) is 0 Å². The molecule has 0 unspecified atom stereocenters. The summed E-state index contributed by atoms with van der Waals surface area (Å²) in [6, 6.07) is 18.7. The molecule has 5 heteroatoms. The van der Waals surface area contributed by atoms with Gasteiger partial charge in [0.1, 0.15) is 5.65 Å². The highest BCUT2D eigenvalue weighted by Gasteiger charge is 2.38. The molecule has 3 aromatic heterocycles. The molecular formula is C36H39N5. The number of benzene rings is 2. The lowest BCUT2D eigenvalue weighted by Gasteiger charge is -2.41. The van der Waals surface area contributed by atoms with Gasteiger partial charge < -0.3 is 4.98 Å². The summed E-state index contributed by atoms with van der Waals surface area (Å²) in [6.07, 6.45) is 13.4. The van der Waals surface area contributed by atoms with Crippen LogP contribution < -0.4 is 0 Å². The van der Waals surface area contributed by atoms with Gasteiger partial charge in [0, 0.05) is 52.2 Å². The van der Waals surface area contributed by atoms with E-state index < -0.39 is 0 Å². The zero-order valence-corrected chi connectivity index (χ0v) is 24.7. The Labute approximate surface area is 243 Å². The van der Waals surface area contributed by atoms with E-state index in [0.717, 1.165) is 57.6 Å². The first-order valence-electron chi connectivity index (χ1n) is 15.2. The fourth-order valence-electron chi connectivity index (χ4n) is 7.33. The number of likely N-dealkylation sites (tertiary alicyclic amines) is 1. The molecule has 4 heterocycles. The van der Waals surface area contributed by atoms with Crippen LogP contribution in [0, 0.1) is 13.8 Å². The number of rotatable bonds is 4. The number of hydrogen-bond donors (Lipinski definition) is 1. The molecule has 5 aromatic rings. The topological polar surface area (TPSA) is 57.7 Å². The number of aryl methyl sites for hydroxylation is 4. The number of aromatic amines is 1. The Kier molecular flexibility index (Phi) is 6.50. The lowest BCUT2D eigenvalue weighted by molar-refractivity contribution is 0.0821. The molecular weight excluding hydrogens is 502 g/mol. The van der Waals surface area contributed by atoms with Gasteiger partial charge >= 0.3 is 0 Å². The van der Waals surface area contributed by atoms with Gasteiger partial charge in [0.15, 0.2) is 0 Å². The molecule has 0 bridgehead atoms. The van der Waals surface area contributed by atoms with E-state index in [-0.39, 0.29) is 0 Å². The van der Waals surface area contributed by atoms with E-state index >= 15 is 0 Å². The Hall–Kier alpha value is -3.83. The Morgan fingerprint density at radius 2 is 1.61 bits per heavy atom. The summed E-state index contributed by atoms with van der Waals surface area (Å²) in [6.45, 7) is 10.2. The first-order chi connectivity index (χ1) is 19.9. The number of nitrogens with one attached hydrogen (secondary N) is 1. The third kappa shape index (κ3) is 4.76. The molecule has 1 N–H and O–H groups in total. The molecule has 1 aliphatic carbocycles. The number of hydrogen-bond acceptors (Lipinski definition) is 4. The molecule has 2 aliphatic rings. The van der Waals surface area contributed by atoms with Crippen LogP contribution in [0.2, 0.25) is 0 Å². The maximum atomic E-state index is 4.82. The Morgan fingerprint density at radius 1 is 0.854 bits per heavy atom. The van der Waals surface area contributed by atoms with E-state index in [1.807, 2.05) is 26.2 Å². The predicted octanol–water partition coefficient (Wildman–Crippen LogP) is 8.09. The minimum atomic E-state index is 0.301. The van der Waals surface area contributed by atoms with Gasteiger partial charge in [-0.25, -0.2) is 4.98 Å². The summed E-state index contributed by atoms with van der Waals surface area (Å²) in [5, 5.41) is 1.15. The van der Waals surface area contributed by atoms with Crippen molar-refractivity contribution in [3.8, 4) is 33.5 Å². The molecule has 208 valence electrons. The zero-order chi connectivity index (χ0) is 28.1. The highest BCUT2D eigenvalue weighted by Crippen LogP contribution is 2.38. The van der Waals surface area contributed by atoms with E-state index in [0.29, 0.717) is 11.6 Å². The fourth-order valence-corrected chi connectivity index (χ4v) is 7.33. The molecule has 7 rings (SSSR count). The van der Waals surface area contributed by atoms with Crippen molar-refractivity contribution in [2.45, 2.75) is 77.8 Å². The molecule has 2 aromatic carbocycles. The second-order valence-electron chi connectivity index (χ2n) is 12.5. The van der Waals surface area contributed by atoms with Crippen LogP contribution in [0.5, 0.6) is 0 Å². The van der Waals surface area contributed by atoms with E-state index in [9.17, 15) is 0 Å². The van der Waals surface area contributed by atoms with E-state index in [2.05, 4.69) is 88.4 Å². The summed E-state index contributed by atoms with van der Waals surface area (Å²) in [4.78, 5) is 20.2. The minimum absolute atomic E-state index is 0.301. The maximum Gasteiger partial charge on any atom is 0.137 e. The van der Waals surface area contributed by atoms with Crippen molar-refractivity contribution in [2.24, 2.45) is 0 Å². The van der Waals surface area contributed by atoms with Gasteiger partial charge in [-0.1, -0.05) is 42.5 Å². The number of aromatic nitrogens is 4. The van der Waals surface area contributed by atoms with Crippen LogP contribution in [0.1, 0.15) is 62.0 Å². The molecule has 0 saturated carbocycles. The van der Waals surface area contributed by atoms with Gasteiger partial charge in [0.05, 0.1) is 17.1 Å². The third-order valence-corrected chi connectivity index (χ3v) is 9.72. The van der Waals surface area contributed by atoms with Crippen LogP contribution in [0.15, 0.2) is 67.1 Å². The largest absolute Gasteiger partial charge is 0.346 e. The Bertz CT molecular complexity index is 1730. The average Bonchev–Trinajstić information content (AvgIpc) is 3.57. The van der Waals surface area contributed by atoms with Crippen molar-refractivity contribution >= 4 is 11.0 Å². The third-order valence-electron chi connectivity index (χ3n) is 9.72. The molecule has 1 saturated heterocycles. The van der Waals surface area contributed by atoms with Crippen LogP contribution >= 0.6 is 0 Å². The van der Waals surface area contributed by atoms with E-state index in [4.69, 9.17) is 4.98 Å². The van der Waals surface area contributed by atoms with Gasteiger partial charge in [-0.15, -0.1) is 0 Å². The number of nitrogens with zero attached hydrogens (tertiary/aromatic N) is 4. The molecule has 0 radical (unpaired) electrons. The first kappa shape index (κ1) is 26.1. The second kappa shape index (κ2) is 10.2. The SMILES string of the molecule is Cc1cnc(-c2ccc(-c3c[nH]c4ncc(-c5ccc6c(c5)CC[C@@](C)(N5CCC[C@H]5C)CC6)cc34)cc2)c(C)n1. The van der Waals surface area contributed by atoms with Crippen LogP contribution in [-0.2, 0) is 12.8 Å². The normalized spacial score (nSPS) is 21.2. The monoisotopic (exact) mass is 541 g/mol. The van der Waals surface area contributed by atoms with Gasteiger partial charge in [-0.3, -0.25) is 14.9 Å². The fraction of sp³-hybridized carbons (Fsp3) is 0.361. The maximum absolute atomic E-state index is 4.82. The Balaban J connectivity index is 1.17. The summed E-state index contributed by atoms with van der Waals surface area (Å²) in [7, 11) is 0. The van der Waals surface area contributed by atoms with Gasteiger partial charge in [-0.2, -0.15) is 0 Å². The van der Waals surface area contributed by atoms with Crippen molar-refractivity contribution in [1.29, 1.82) is 0 Å². The summed E-state index contributed by atoms with van der Waals surface area (Å²) >= 11 is 0. The van der Waals surface area contributed by atoms with Crippen LogP contribution in [0.4, 0.5) is 0 Å². The summed E-state index contributed by atoms with van der Waals surface area (Å²) in [5.74, 6) is 0. The lowest BCUT2D eigenvalue weighted by Crippen LogP contribution is -2.48.